The molecule has 1 aromatic heterocycles. The molecule has 0 aliphatic heterocycles. The summed E-state index contributed by atoms with van der Waals surface area (Å²) in [5.74, 6) is 0. The number of halogens is 2. The molecule has 0 saturated carbocycles. The Morgan fingerprint density at radius 1 is 1.27 bits per heavy atom. The van der Waals surface area contributed by atoms with Crippen LogP contribution in [-0.2, 0) is 0 Å². The van der Waals surface area contributed by atoms with Crippen LogP contribution >= 0.6 is 34.5 Å². The normalized spacial score (nSPS) is 12.7. The molecule has 0 saturated heterocycles. The smallest absolute Gasteiger partial charge is 0.131 e. The molecule has 2 rings (SSSR count). The molecule has 0 aliphatic carbocycles. The summed E-state index contributed by atoms with van der Waals surface area (Å²) < 4.78 is 0. The Morgan fingerprint density at radius 3 is 2.67 bits per heavy atom. The van der Waals surface area contributed by atoms with Crippen LogP contribution in [0.2, 0.25) is 10.0 Å². The van der Waals surface area contributed by atoms with Crippen molar-refractivity contribution >= 4 is 34.5 Å². The van der Waals surface area contributed by atoms with Crippen LogP contribution in [-0.4, -0.2) is 10.1 Å². The van der Waals surface area contributed by atoms with Crippen LogP contribution < -0.4 is 0 Å². The summed E-state index contributed by atoms with van der Waals surface area (Å²) in [6.07, 6.45) is 0.917. The van der Waals surface area contributed by atoms with Crippen molar-refractivity contribution in [1.82, 2.24) is 4.98 Å². The van der Waals surface area contributed by atoms with Crippen LogP contribution in [0.5, 0.6) is 0 Å². The van der Waals surface area contributed by atoms with Gasteiger partial charge >= 0.3 is 0 Å². The van der Waals surface area contributed by atoms with Gasteiger partial charge < -0.3 is 5.11 Å². The molecule has 1 N–H and O–H groups in total. The van der Waals surface area contributed by atoms with Gasteiger partial charge in [0.15, 0.2) is 0 Å². The van der Waals surface area contributed by atoms with Crippen LogP contribution in [0.25, 0.3) is 0 Å². The molecular formula is C10H7Cl2NOS. The third-order valence-corrected chi connectivity index (χ3v) is 3.51. The van der Waals surface area contributed by atoms with E-state index < -0.39 is 6.10 Å². The monoisotopic (exact) mass is 259 g/mol. The van der Waals surface area contributed by atoms with E-state index in [1.54, 1.807) is 24.4 Å². The van der Waals surface area contributed by atoms with E-state index in [9.17, 15) is 5.11 Å². The number of nitrogens with zero attached hydrogens (tertiary/aromatic N) is 1. The van der Waals surface area contributed by atoms with E-state index in [0.717, 1.165) is 0 Å². The quantitative estimate of drug-likeness (QED) is 0.895. The summed E-state index contributed by atoms with van der Waals surface area (Å²) in [7, 11) is 0. The van der Waals surface area contributed by atoms with Crippen LogP contribution in [0.15, 0.2) is 29.8 Å². The predicted octanol–water partition coefficient (Wildman–Crippen LogP) is 3.53. The first-order valence-electron chi connectivity index (χ1n) is 4.21. The largest absolute Gasteiger partial charge is 0.381 e. The minimum atomic E-state index is -0.736. The van der Waals surface area contributed by atoms with Gasteiger partial charge in [-0.2, -0.15) is 0 Å². The number of hydrogen-bond donors (Lipinski definition) is 1. The lowest BCUT2D eigenvalue weighted by atomic mass is 10.1. The van der Waals surface area contributed by atoms with Crippen LogP contribution in [0.1, 0.15) is 16.7 Å². The third kappa shape index (κ3) is 2.32. The van der Waals surface area contributed by atoms with E-state index >= 15 is 0 Å². The number of thiazole rings is 1. The van der Waals surface area contributed by atoms with Gasteiger partial charge in [0.05, 0.1) is 10.0 Å². The molecule has 78 valence electrons. The molecule has 1 aromatic carbocycles. The van der Waals surface area contributed by atoms with E-state index in [0.29, 0.717) is 20.6 Å². The molecule has 1 atom stereocenters. The standard InChI is InChI=1S/C10H7Cl2NOS/c11-7-2-1-6(5-8(7)12)9(14)10-13-3-4-15-10/h1-5,9,14H. The van der Waals surface area contributed by atoms with E-state index in [2.05, 4.69) is 4.98 Å². The van der Waals surface area contributed by atoms with Gasteiger partial charge in [-0.1, -0.05) is 29.3 Å². The number of hydrogen-bond acceptors (Lipinski definition) is 3. The molecule has 0 aliphatic rings. The summed E-state index contributed by atoms with van der Waals surface area (Å²) in [4.78, 5) is 4.04. The third-order valence-electron chi connectivity index (χ3n) is 1.94. The maximum absolute atomic E-state index is 9.94. The van der Waals surface area contributed by atoms with Crippen molar-refractivity contribution in [3.05, 3.63) is 50.4 Å². The Kier molecular flexibility index (Phi) is 3.26. The Balaban J connectivity index is 2.34. The van der Waals surface area contributed by atoms with E-state index in [1.807, 2.05) is 5.38 Å². The van der Waals surface area contributed by atoms with E-state index in [1.165, 1.54) is 11.3 Å². The first-order chi connectivity index (χ1) is 7.18. The highest BCUT2D eigenvalue weighted by atomic mass is 35.5. The Bertz CT molecular complexity index is 458. The van der Waals surface area contributed by atoms with Gasteiger partial charge in [0.1, 0.15) is 11.1 Å². The number of benzene rings is 1. The lowest BCUT2D eigenvalue weighted by molar-refractivity contribution is 0.220. The zero-order valence-corrected chi connectivity index (χ0v) is 9.85. The number of rotatable bonds is 2. The second-order valence-corrected chi connectivity index (χ2v) is 4.69. The molecule has 2 nitrogen and oxygen atoms in total. The zero-order valence-electron chi connectivity index (χ0n) is 7.52. The van der Waals surface area contributed by atoms with Gasteiger partial charge in [0.25, 0.3) is 0 Å². The lowest BCUT2D eigenvalue weighted by Crippen LogP contribution is -1.98. The molecular weight excluding hydrogens is 253 g/mol. The molecule has 0 amide bonds. The van der Waals surface area contributed by atoms with Crippen molar-refractivity contribution in [2.75, 3.05) is 0 Å². The summed E-state index contributed by atoms with van der Waals surface area (Å²) in [6.45, 7) is 0. The van der Waals surface area contributed by atoms with Crippen molar-refractivity contribution in [1.29, 1.82) is 0 Å². The highest BCUT2D eigenvalue weighted by molar-refractivity contribution is 7.09. The Morgan fingerprint density at radius 2 is 2.07 bits per heavy atom. The fourth-order valence-electron chi connectivity index (χ4n) is 1.19. The maximum atomic E-state index is 9.94. The second kappa shape index (κ2) is 4.49. The van der Waals surface area contributed by atoms with Gasteiger partial charge in [-0.15, -0.1) is 11.3 Å². The second-order valence-electron chi connectivity index (χ2n) is 2.95. The molecule has 5 heteroatoms. The topological polar surface area (TPSA) is 33.1 Å². The Labute approximate surface area is 101 Å². The van der Waals surface area contributed by atoms with E-state index in [-0.39, 0.29) is 0 Å². The van der Waals surface area contributed by atoms with Crippen LogP contribution in [0.3, 0.4) is 0 Å². The number of aliphatic hydroxyl groups is 1. The Hall–Kier alpha value is -0.610. The predicted molar refractivity (Wildman–Crippen MR) is 62.6 cm³/mol. The van der Waals surface area contributed by atoms with Gasteiger partial charge in [-0.25, -0.2) is 4.98 Å². The molecule has 0 radical (unpaired) electrons. The summed E-state index contributed by atoms with van der Waals surface area (Å²) in [5.41, 5.74) is 0.694. The first kappa shape index (κ1) is 10.9. The van der Waals surface area contributed by atoms with Gasteiger partial charge in [0.2, 0.25) is 0 Å². The van der Waals surface area contributed by atoms with Gasteiger partial charge in [-0.05, 0) is 17.7 Å². The minimum Gasteiger partial charge on any atom is -0.381 e. The molecule has 0 bridgehead atoms. The minimum absolute atomic E-state index is 0.435. The van der Waals surface area contributed by atoms with Crippen molar-refractivity contribution in [3.8, 4) is 0 Å². The zero-order chi connectivity index (χ0) is 10.8. The fourth-order valence-corrected chi connectivity index (χ4v) is 2.15. The fraction of sp³-hybridized carbons (Fsp3) is 0.100. The summed E-state index contributed by atoms with van der Waals surface area (Å²) in [5, 5.41) is 13.3. The molecule has 2 aromatic rings. The highest BCUT2D eigenvalue weighted by Crippen LogP contribution is 2.29. The van der Waals surface area contributed by atoms with Crippen molar-refractivity contribution < 1.29 is 5.11 Å². The maximum Gasteiger partial charge on any atom is 0.131 e. The van der Waals surface area contributed by atoms with Crippen LogP contribution in [0, 0.1) is 0 Å². The van der Waals surface area contributed by atoms with E-state index in [4.69, 9.17) is 23.2 Å². The molecule has 0 spiro atoms. The summed E-state index contributed by atoms with van der Waals surface area (Å²) >= 11 is 13.0. The molecule has 0 fully saturated rings. The summed E-state index contributed by atoms with van der Waals surface area (Å²) in [6, 6.07) is 5.05. The van der Waals surface area contributed by atoms with Gasteiger partial charge in [-0.3, -0.25) is 0 Å². The SMILES string of the molecule is OC(c1ccc(Cl)c(Cl)c1)c1nccs1. The molecule has 15 heavy (non-hydrogen) atoms. The first-order valence-corrected chi connectivity index (χ1v) is 5.84. The van der Waals surface area contributed by atoms with Crippen molar-refractivity contribution in [3.63, 3.8) is 0 Å². The van der Waals surface area contributed by atoms with Gasteiger partial charge in [0, 0.05) is 11.6 Å². The van der Waals surface area contributed by atoms with Crippen molar-refractivity contribution in [2.45, 2.75) is 6.10 Å². The number of aliphatic hydroxyl groups excluding tert-OH is 1. The average molecular weight is 260 g/mol. The number of aromatic nitrogens is 1. The molecule has 1 unspecified atom stereocenters. The highest BCUT2D eigenvalue weighted by Gasteiger charge is 2.13. The average Bonchev–Trinajstić information content (AvgIpc) is 2.74. The van der Waals surface area contributed by atoms with Crippen molar-refractivity contribution in [2.24, 2.45) is 0 Å². The lowest BCUT2D eigenvalue weighted by Gasteiger charge is -2.08. The van der Waals surface area contributed by atoms with Crippen LogP contribution in [0.4, 0.5) is 0 Å². The molecule has 1 heterocycles.